The zero-order valence-corrected chi connectivity index (χ0v) is 19.4. The molecule has 1 amide bonds. The van der Waals surface area contributed by atoms with Gasteiger partial charge in [-0.25, -0.2) is 4.79 Å². The average Bonchev–Trinajstić information content (AvgIpc) is 3.52. The zero-order valence-electron chi connectivity index (χ0n) is 19.4. The van der Waals surface area contributed by atoms with Crippen LogP contribution in [-0.4, -0.2) is 79.8 Å². The summed E-state index contributed by atoms with van der Waals surface area (Å²) in [4.78, 5) is 32.6. The SMILES string of the molecule is CN=C(NCCCCC(=O)OC)N1CCC(N(CC2CC2)C(=O)OC(C)(C)C)CC1. The third-order valence-electron chi connectivity index (χ3n) is 5.51. The number of hydrogen-bond acceptors (Lipinski definition) is 5. The molecular formula is C22H40N4O4. The highest BCUT2D eigenvalue weighted by Gasteiger charge is 2.35. The van der Waals surface area contributed by atoms with Gasteiger partial charge in [0, 0.05) is 45.7 Å². The molecule has 0 spiro atoms. The Morgan fingerprint density at radius 1 is 1.13 bits per heavy atom. The van der Waals surface area contributed by atoms with Crippen LogP contribution in [0.1, 0.15) is 65.7 Å². The Morgan fingerprint density at radius 3 is 2.33 bits per heavy atom. The molecule has 1 saturated carbocycles. The maximum absolute atomic E-state index is 12.8. The van der Waals surface area contributed by atoms with E-state index in [4.69, 9.17) is 4.74 Å². The number of hydrogen-bond donors (Lipinski definition) is 1. The topological polar surface area (TPSA) is 83.5 Å². The second-order valence-corrected chi connectivity index (χ2v) is 9.30. The zero-order chi connectivity index (χ0) is 22.1. The van der Waals surface area contributed by atoms with E-state index >= 15 is 0 Å². The molecule has 0 radical (unpaired) electrons. The maximum Gasteiger partial charge on any atom is 0.410 e. The largest absolute Gasteiger partial charge is 0.469 e. The predicted molar refractivity (Wildman–Crippen MR) is 117 cm³/mol. The summed E-state index contributed by atoms with van der Waals surface area (Å²) in [5, 5.41) is 3.39. The highest BCUT2D eigenvalue weighted by Crippen LogP contribution is 2.32. The smallest absolute Gasteiger partial charge is 0.410 e. The van der Waals surface area contributed by atoms with Gasteiger partial charge in [-0.1, -0.05) is 0 Å². The lowest BCUT2D eigenvalue weighted by Crippen LogP contribution is -2.52. The standard InChI is InChI=1S/C22H40N4O4/c1-22(2,3)30-21(28)26(16-17-9-10-17)18-11-14-25(15-12-18)20(23-4)24-13-7-6-8-19(27)29-5/h17-18H,6-16H2,1-5H3,(H,23,24). The van der Waals surface area contributed by atoms with Crippen LogP contribution in [0.5, 0.6) is 0 Å². The van der Waals surface area contributed by atoms with E-state index in [1.54, 1.807) is 7.05 Å². The fourth-order valence-electron chi connectivity index (χ4n) is 3.69. The van der Waals surface area contributed by atoms with Gasteiger partial charge in [-0.05, 0) is 65.2 Å². The number of carbonyl (C=O) groups excluding carboxylic acids is 2. The number of carbonyl (C=O) groups is 2. The van der Waals surface area contributed by atoms with Crippen molar-refractivity contribution >= 4 is 18.0 Å². The molecule has 8 heteroatoms. The molecule has 0 atom stereocenters. The van der Waals surface area contributed by atoms with Crippen molar-refractivity contribution in [2.24, 2.45) is 10.9 Å². The molecule has 30 heavy (non-hydrogen) atoms. The van der Waals surface area contributed by atoms with E-state index in [9.17, 15) is 9.59 Å². The summed E-state index contributed by atoms with van der Waals surface area (Å²) in [6, 6.07) is 0.217. The Hall–Kier alpha value is -1.99. The first-order valence-corrected chi connectivity index (χ1v) is 11.3. The van der Waals surface area contributed by atoms with E-state index in [1.165, 1.54) is 20.0 Å². The van der Waals surface area contributed by atoms with Crippen LogP contribution >= 0.6 is 0 Å². The Balaban J connectivity index is 1.80. The summed E-state index contributed by atoms with van der Waals surface area (Å²) in [5.41, 5.74) is -0.473. The molecule has 0 aromatic heterocycles. The highest BCUT2D eigenvalue weighted by atomic mass is 16.6. The van der Waals surface area contributed by atoms with E-state index in [1.807, 2.05) is 25.7 Å². The second kappa shape index (κ2) is 11.4. The van der Waals surface area contributed by atoms with Crippen molar-refractivity contribution in [3.63, 3.8) is 0 Å². The van der Waals surface area contributed by atoms with Crippen LogP contribution in [-0.2, 0) is 14.3 Å². The summed E-state index contributed by atoms with van der Waals surface area (Å²) < 4.78 is 10.3. The molecule has 1 aliphatic carbocycles. The van der Waals surface area contributed by atoms with Gasteiger partial charge in [-0.2, -0.15) is 0 Å². The van der Waals surface area contributed by atoms with Gasteiger partial charge in [0.2, 0.25) is 0 Å². The summed E-state index contributed by atoms with van der Waals surface area (Å²) >= 11 is 0. The van der Waals surface area contributed by atoms with Gasteiger partial charge in [-0.3, -0.25) is 9.79 Å². The molecule has 2 rings (SSSR count). The fraction of sp³-hybridized carbons (Fsp3) is 0.864. The molecule has 1 heterocycles. The van der Waals surface area contributed by atoms with Crippen molar-refractivity contribution in [1.82, 2.24) is 15.1 Å². The molecule has 0 bridgehead atoms. The number of guanidine groups is 1. The molecule has 0 aromatic rings. The number of esters is 1. The number of likely N-dealkylation sites (tertiary alicyclic amines) is 1. The molecule has 2 aliphatic rings. The molecule has 8 nitrogen and oxygen atoms in total. The Kier molecular flexibility index (Phi) is 9.24. The van der Waals surface area contributed by atoms with Gasteiger partial charge >= 0.3 is 12.1 Å². The number of amides is 1. The van der Waals surface area contributed by atoms with Crippen LogP contribution in [0, 0.1) is 5.92 Å². The Morgan fingerprint density at radius 2 is 1.80 bits per heavy atom. The van der Waals surface area contributed by atoms with Crippen molar-refractivity contribution in [3.8, 4) is 0 Å². The summed E-state index contributed by atoms with van der Waals surface area (Å²) in [6.07, 6.45) is 6.20. The minimum Gasteiger partial charge on any atom is -0.469 e. The summed E-state index contributed by atoms with van der Waals surface area (Å²) in [5.74, 6) is 1.36. The van der Waals surface area contributed by atoms with Crippen molar-refractivity contribution in [3.05, 3.63) is 0 Å². The monoisotopic (exact) mass is 424 g/mol. The fourth-order valence-corrected chi connectivity index (χ4v) is 3.69. The van der Waals surface area contributed by atoms with Crippen molar-refractivity contribution in [2.45, 2.75) is 77.4 Å². The number of ether oxygens (including phenoxy) is 2. The minimum atomic E-state index is -0.473. The highest BCUT2D eigenvalue weighted by molar-refractivity contribution is 5.80. The minimum absolute atomic E-state index is 0.165. The van der Waals surface area contributed by atoms with Gasteiger partial charge in [-0.15, -0.1) is 0 Å². The van der Waals surface area contributed by atoms with Gasteiger partial charge in [0.15, 0.2) is 5.96 Å². The molecule has 1 N–H and O–H groups in total. The number of unbranched alkanes of at least 4 members (excludes halogenated alkanes) is 1. The number of nitrogens with zero attached hydrogens (tertiary/aromatic N) is 3. The van der Waals surface area contributed by atoms with E-state index in [-0.39, 0.29) is 18.1 Å². The predicted octanol–water partition coefficient (Wildman–Crippen LogP) is 3.02. The number of aliphatic imine (C=N–C) groups is 1. The van der Waals surface area contributed by atoms with Crippen LogP contribution in [0.25, 0.3) is 0 Å². The van der Waals surface area contributed by atoms with Crippen molar-refractivity contribution < 1.29 is 19.1 Å². The molecule has 172 valence electrons. The normalized spacial score (nSPS) is 18.2. The molecule has 0 unspecified atom stereocenters. The third-order valence-corrected chi connectivity index (χ3v) is 5.51. The Labute approximate surface area is 181 Å². The van der Waals surface area contributed by atoms with Crippen LogP contribution in [0.15, 0.2) is 4.99 Å². The first-order valence-electron chi connectivity index (χ1n) is 11.3. The van der Waals surface area contributed by atoms with Gasteiger partial charge in [0.1, 0.15) is 5.60 Å². The van der Waals surface area contributed by atoms with E-state index < -0.39 is 5.60 Å². The third kappa shape index (κ3) is 8.40. The second-order valence-electron chi connectivity index (χ2n) is 9.30. The van der Waals surface area contributed by atoms with E-state index in [0.29, 0.717) is 12.3 Å². The molecule has 0 aromatic carbocycles. The number of rotatable bonds is 8. The number of piperidine rings is 1. The molecular weight excluding hydrogens is 384 g/mol. The van der Waals surface area contributed by atoms with Crippen LogP contribution in [0.2, 0.25) is 0 Å². The average molecular weight is 425 g/mol. The van der Waals surface area contributed by atoms with E-state index in [0.717, 1.165) is 57.8 Å². The summed E-state index contributed by atoms with van der Waals surface area (Å²) in [6.45, 7) is 9.06. The quantitative estimate of drug-likeness (QED) is 0.279. The maximum atomic E-state index is 12.8. The van der Waals surface area contributed by atoms with Crippen molar-refractivity contribution in [2.75, 3.05) is 40.3 Å². The van der Waals surface area contributed by atoms with Crippen LogP contribution < -0.4 is 5.32 Å². The first kappa shape index (κ1) is 24.3. The first-order chi connectivity index (χ1) is 14.2. The Bertz CT molecular complexity index is 590. The lowest BCUT2D eigenvalue weighted by atomic mass is 10.0. The summed E-state index contributed by atoms with van der Waals surface area (Å²) in [7, 11) is 3.21. The lowest BCUT2D eigenvalue weighted by Gasteiger charge is -2.40. The molecule has 1 saturated heterocycles. The van der Waals surface area contributed by atoms with Crippen LogP contribution in [0.3, 0.4) is 0 Å². The number of methoxy groups -OCH3 is 1. The van der Waals surface area contributed by atoms with Gasteiger partial charge in [0.25, 0.3) is 0 Å². The van der Waals surface area contributed by atoms with Gasteiger partial charge in [0.05, 0.1) is 7.11 Å². The number of nitrogens with one attached hydrogen (secondary N) is 1. The van der Waals surface area contributed by atoms with Crippen LogP contribution in [0.4, 0.5) is 4.79 Å². The molecule has 2 fully saturated rings. The van der Waals surface area contributed by atoms with E-state index in [2.05, 4.69) is 19.9 Å². The lowest BCUT2D eigenvalue weighted by molar-refractivity contribution is -0.140. The van der Waals surface area contributed by atoms with Gasteiger partial charge < -0.3 is 24.6 Å². The molecule has 1 aliphatic heterocycles. The van der Waals surface area contributed by atoms with Crippen molar-refractivity contribution in [1.29, 1.82) is 0 Å².